The molecule has 156 valence electrons. The molecule has 0 amide bonds. The van der Waals surface area contributed by atoms with E-state index < -0.39 is 0 Å². The standard InChI is InChI=1S/C23H20N4O4/c1-3-29-19-8-13(4-6-17(19)28-2)15-10-16(27-23-21(15)22(24)25-11-26-23)14-5-7-18-20(9-14)31-12-30-18/h4-11H,3,12H2,1-2H3,(H2,24,25,26,27). The molecule has 1 aliphatic rings. The van der Waals surface area contributed by atoms with Gasteiger partial charge in [0.25, 0.3) is 0 Å². The van der Waals surface area contributed by atoms with Crippen LogP contribution in [-0.2, 0) is 0 Å². The van der Waals surface area contributed by atoms with Crippen molar-refractivity contribution in [2.75, 3.05) is 26.2 Å². The highest BCUT2D eigenvalue weighted by Crippen LogP contribution is 2.40. The van der Waals surface area contributed by atoms with Gasteiger partial charge < -0.3 is 24.7 Å². The van der Waals surface area contributed by atoms with Crippen molar-refractivity contribution in [3.05, 3.63) is 48.8 Å². The molecule has 0 atom stereocenters. The summed E-state index contributed by atoms with van der Waals surface area (Å²) in [5.41, 5.74) is 10.1. The fraction of sp³-hybridized carbons (Fsp3) is 0.174. The lowest BCUT2D eigenvalue weighted by Gasteiger charge is -2.14. The summed E-state index contributed by atoms with van der Waals surface area (Å²) in [6.45, 7) is 2.66. The second-order valence-corrected chi connectivity index (χ2v) is 6.88. The normalized spacial score (nSPS) is 12.2. The number of rotatable bonds is 5. The Labute approximate surface area is 178 Å². The van der Waals surface area contributed by atoms with Crippen molar-refractivity contribution in [1.29, 1.82) is 0 Å². The second kappa shape index (κ2) is 7.64. The van der Waals surface area contributed by atoms with Crippen LogP contribution >= 0.6 is 0 Å². The minimum absolute atomic E-state index is 0.213. The molecule has 0 spiro atoms. The maximum atomic E-state index is 6.23. The van der Waals surface area contributed by atoms with Crippen LogP contribution in [0, 0.1) is 0 Å². The highest BCUT2D eigenvalue weighted by molar-refractivity contribution is 6.01. The van der Waals surface area contributed by atoms with Gasteiger partial charge in [-0.3, -0.25) is 0 Å². The third-order valence-corrected chi connectivity index (χ3v) is 5.08. The lowest BCUT2D eigenvalue weighted by atomic mass is 9.99. The van der Waals surface area contributed by atoms with E-state index in [0.717, 1.165) is 22.4 Å². The quantitative estimate of drug-likeness (QED) is 0.519. The van der Waals surface area contributed by atoms with E-state index in [0.29, 0.717) is 46.5 Å². The third kappa shape index (κ3) is 3.31. The minimum atomic E-state index is 0.213. The molecule has 0 bridgehead atoms. The smallest absolute Gasteiger partial charge is 0.231 e. The molecular formula is C23H20N4O4. The zero-order valence-corrected chi connectivity index (χ0v) is 17.1. The van der Waals surface area contributed by atoms with E-state index in [-0.39, 0.29) is 6.79 Å². The summed E-state index contributed by atoms with van der Waals surface area (Å²) >= 11 is 0. The Hall–Kier alpha value is -4.07. The van der Waals surface area contributed by atoms with E-state index in [2.05, 4.69) is 9.97 Å². The first kappa shape index (κ1) is 18.9. The van der Waals surface area contributed by atoms with Gasteiger partial charge in [0.2, 0.25) is 6.79 Å². The van der Waals surface area contributed by atoms with Crippen LogP contribution in [0.5, 0.6) is 23.0 Å². The number of anilines is 1. The lowest BCUT2D eigenvalue weighted by molar-refractivity contribution is 0.174. The molecule has 4 aromatic rings. The molecule has 0 radical (unpaired) electrons. The largest absolute Gasteiger partial charge is 0.493 e. The van der Waals surface area contributed by atoms with Crippen LogP contribution in [0.15, 0.2) is 48.8 Å². The first-order chi connectivity index (χ1) is 15.2. The Bertz CT molecular complexity index is 1290. The molecule has 0 saturated heterocycles. The van der Waals surface area contributed by atoms with E-state index in [1.807, 2.05) is 49.4 Å². The molecule has 2 aromatic carbocycles. The highest BCUT2D eigenvalue weighted by atomic mass is 16.7. The maximum absolute atomic E-state index is 6.23. The number of benzene rings is 2. The molecule has 8 heteroatoms. The number of methoxy groups -OCH3 is 1. The highest BCUT2D eigenvalue weighted by Gasteiger charge is 2.18. The summed E-state index contributed by atoms with van der Waals surface area (Å²) < 4.78 is 22.1. The number of hydrogen-bond donors (Lipinski definition) is 1. The van der Waals surface area contributed by atoms with Gasteiger partial charge in [-0.1, -0.05) is 6.07 Å². The van der Waals surface area contributed by atoms with Gasteiger partial charge in [-0.25, -0.2) is 15.0 Å². The maximum Gasteiger partial charge on any atom is 0.231 e. The van der Waals surface area contributed by atoms with E-state index >= 15 is 0 Å². The van der Waals surface area contributed by atoms with Gasteiger partial charge in [0.15, 0.2) is 28.6 Å². The van der Waals surface area contributed by atoms with Crippen LogP contribution in [0.4, 0.5) is 5.82 Å². The number of nitrogens with two attached hydrogens (primary N) is 1. The van der Waals surface area contributed by atoms with Gasteiger partial charge in [-0.15, -0.1) is 0 Å². The van der Waals surface area contributed by atoms with Crippen molar-refractivity contribution in [3.63, 3.8) is 0 Å². The van der Waals surface area contributed by atoms with Crippen LogP contribution in [0.3, 0.4) is 0 Å². The van der Waals surface area contributed by atoms with E-state index in [4.69, 9.17) is 29.7 Å². The Morgan fingerprint density at radius 2 is 1.81 bits per heavy atom. The molecule has 31 heavy (non-hydrogen) atoms. The Balaban J connectivity index is 1.73. The van der Waals surface area contributed by atoms with Gasteiger partial charge in [-0.05, 0) is 54.4 Å². The summed E-state index contributed by atoms with van der Waals surface area (Å²) in [7, 11) is 1.61. The number of nitrogens with zero attached hydrogens (tertiary/aromatic N) is 3. The number of aromatic nitrogens is 3. The van der Waals surface area contributed by atoms with Gasteiger partial charge >= 0.3 is 0 Å². The summed E-state index contributed by atoms with van der Waals surface area (Å²) in [4.78, 5) is 13.3. The van der Waals surface area contributed by atoms with Crippen molar-refractivity contribution in [3.8, 4) is 45.4 Å². The first-order valence-electron chi connectivity index (χ1n) is 9.80. The van der Waals surface area contributed by atoms with Crippen LogP contribution in [0.25, 0.3) is 33.4 Å². The predicted octanol–water partition coefficient (Wildman–Crippen LogP) is 4.08. The molecule has 2 aromatic heterocycles. The van der Waals surface area contributed by atoms with Crippen LogP contribution in [0.2, 0.25) is 0 Å². The van der Waals surface area contributed by atoms with E-state index in [1.165, 1.54) is 6.33 Å². The molecule has 3 heterocycles. The second-order valence-electron chi connectivity index (χ2n) is 6.88. The van der Waals surface area contributed by atoms with Gasteiger partial charge in [0.05, 0.1) is 24.8 Å². The third-order valence-electron chi connectivity index (χ3n) is 5.08. The molecule has 5 rings (SSSR count). The summed E-state index contributed by atoms with van der Waals surface area (Å²) in [5, 5.41) is 0.680. The van der Waals surface area contributed by atoms with Crippen molar-refractivity contribution in [2.24, 2.45) is 0 Å². The van der Waals surface area contributed by atoms with Crippen molar-refractivity contribution in [1.82, 2.24) is 15.0 Å². The topological polar surface area (TPSA) is 102 Å². The Kier molecular flexibility index (Phi) is 4.66. The fourth-order valence-electron chi connectivity index (χ4n) is 3.63. The number of nitrogen functional groups attached to an aromatic ring is 1. The number of pyridine rings is 1. The zero-order chi connectivity index (χ0) is 21.4. The Morgan fingerprint density at radius 3 is 2.65 bits per heavy atom. The van der Waals surface area contributed by atoms with Gasteiger partial charge in [-0.2, -0.15) is 0 Å². The molecule has 2 N–H and O–H groups in total. The number of hydrogen-bond acceptors (Lipinski definition) is 8. The van der Waals surface area contributed by atoms with Crippen molar-refractivity contribution in [2.45, 2.75) is 6.92 Å². The molecule has 8 nitrogen and oxygen atoms in total. The number of ether oxygens (including phenoxy) is 4. The lowest BCUT2D eigenvalue weighted by Crippen LogP contribution is -2.00. The predicted molar refractivity (Wildman–Crippen MR) is 116 cm³/mol. The zero-order valence-electron chi connectivity index (χ0n) is 17.1. The molecular weight excluding hydrogens is 396 g/mol. The van der Waals surface area contributed by atoms with Crippen LogP contribution in [0.1, 0.15) is 6.92 Å². The van der Waals surface area contributed by atoms with Crippen molar-refractivity contribution >= 4 is 16.9 Å². The molecule has 0 saturated carbocycles. The SMILES string of the molecule is CCOc1cc(-c2cc(-c3ccc4c(c3)OCO4)nc3ncnc(N)c23)ccc1OC. The van der Waals surface area contributed by atoms with Gasteiger partial charge in [0.1, 0.15) is 12.1 Å². The number of fused-ring (bicyclic) bond motifs is 2. The first-order valence-corrected chi connectivity index (χ1v) is 9.80. The van der Waals surface area contributed by atoms with Crippen molar-refractivity contribution < 1.29 is 18.9 Å². The minimum Gasteiger partial charge on any atom is -0.493 e. The van der Waals surface area contributed by atoms with Crippen LogP contribution in [-0.4, -0.2) is 35.5 Å². The molecule has 0 aliphatic carbocycles. The molecule has 0 fully saturated rings. The fourth-order valence-corrected chi connectivity index (χ4v) is 3.63. The van der Waals surface area contributed by atoms with Gasteiger partial charge in [0, 0.05) is 5.56 Å². The average Bonchev–Trinajstić information content (AvgIpc) is 3.27. The van der Waals surface area contributed by atoms with E-state index in [1.54, 1.807) is 7.11 Å². The molecule has 0 unspecified atom stereocenters. The van der Waals surface area contributed by atoms with E-state index in [9.17, 15) is 0 Å². The van der Waals surface area contributed by atoms with Crippen LogP contribution < -0.4 is 24.7 Å². The monoisotopic (exact) mass is 416 g/mol. The average molecular weight is 416 g/mol. The summed E-state index contributed by atoms with van der Waals surface area (Å²) in [6.07, 6.45) is 1.41. The molecule has 1 aliphatic heterocycles. The summed E-state index contributed by atoms with van der Waals surface area (Å²) in [5.74, 6) is 3.06. The Morgan fingerprint density at radius 1 is 0.968 bits per heavy atom. The summed E-state index contributed by atoms with van der Waals surface area (Å²) in [6, 6.07) is 13.4.